The van der Waals surface area contributed by atoms with Crippen LogP contribution in [0.3, 0.4) is 0 Å². The largest absolute Gasteiger partial charge is 0.447 e. The molecule has 4 nitrogen and oxygen atoms in total. The summed E-state index contributed by atoms with van der Waals surface area (Å²) < 4.78 is 5.28. The number of nitrogens with two attached hydrogens (primary N) is 1. The summed E-state index contributed by atoms with van der Waals surface area (Å²) in [7, 11) is 0. The molecule has 1 aliphatic carbocycles. The molecule has 0 aliphatic heterocycles. The van der Waals surface area contributed by atoms with Crippen molar-refractivity contribution in [3.8, 4) is 0 Å². The molecule has 1 unspecified atom stereocenters. The Hall–Kier alpha value is -1.84. The summed E-state index contributed by atoms with van der Waals surface area (Å²) in [6.07, 6.45) is 6.45. The monoisotopic (exact) mass is 289 g/mol. The summed E-state index contributed by atoms with van der Waals surface area (Å²) in [5.74, 6) is -0.351. The minimum atomic E-state index is -0.981. The Morgan fingerprint density at radius 3 is 2.43 bits per heavy atom. The topological polar surface area (TPSA) is 69.4 Å². The molecule has 1 saturated carbocycles. The third-order valence-electron chi connectivity index (χ3n) is 4.09. The van der Waals surface area contributed by atoms with Crippen molar-refractivity contribution in [1.29, 1.82) is 0 Å². The van der Waals surface area contributed by atoms with Crippen molar-refractivity contribution in [3.63, 3.8) is 0 Å². The van der Waals surface area contributed by atoms with Crippen LogP contribution in [-0.2, 0) is 14.3 Å². The maximum Gasteiger partial charge on any atom is 0.306 e. The molecule has 1 atom stereocenters. The number of benzene rings is 1. The van der Waals surface area contributed by atoms with Crippen LogP contribution in [-0.4, -0.2) is 11.9 Å². The quantitative estimate of drug-likeness (QED) is 0.818. The highest BCUT2D eigenvalue weighted by Gasteiger charge is 2.23. The summed E-state index contributed by atoms with van der Waals surface area (Å²) in [5.41, 5.74) is 5.96. The average molecular weight is 289 g/mol. The van der Waals surface area contributed by atoms with Crippen molar-refractivity contribution >= 4 is 11.9 Å². The number of primary amides is 1. The predicted molar refractivity (Wildman–Crippen MR) is 80.3 cm³/mol. The van der Waals surface area contributed by atoms with Gasteiger partial charge in [-0.2, -0.15) is 0 Å². The van der Waals surface area contributed by atoms with E-state index >= 15 is 0 Å². The number of esters is 1. The maximum atomic E-state index is 11.9. The Kier molecular flexibility index (Phi) is 5.78. The van der Waals surface area contributed by atoms with E-state index in [0.717, 1.165) is 6.42 Å². The lowest BCUT2D eigenvalue weighted by Gasteiger charge is -2.21. The second-order valence-corrected chi connectivity index (χ2v) is 5.73. The lowest BCUT2D eigenvalue weighted by atomic mass is 9.86. The van der Waals surface area contributed by atoms with Gasteiger partial charge in [0.05, 0.1) is 0 Å². The zero-order valence-electron chi connectivity index (χ0n) is 12.3. The molecule has 0 saturated heterocycles. The fraction of sp³-hybridized carbons (Fsp3) is 0.529. The van der Waals surface area contributed by atoms with Gasteiger partial charge >= 0.3 is 5.97 Å². The van der Waals surface area contributed by atoms with E-state index in [-0.39, 0.29) is 5.97 Å². The highest BCUT2D eigenvalue weighted by Crippen LogP contribution is 2.28. The van der Waals surface area contributed by atoms with Gasteiger partial charge in [-0.05, 0) is 12.3 Å². The summed E-state index contributed by atoms with van der Waals surface area (Å²) >= 11 is 0. The summed E-state index contributed by atoms with van der Waals surface area (Å²) in [4.78, 5) is 23.4. The molecule has 1 aromatic carbocycles. The van der Waals surface area contributed by atoms with Gasteiger partial charge in [0.15, 0.2) is 0 Å². The van der Waals surface area contributed by atoms with Crippen LogP contribution in [0.5, 0.6) is 0 Å². The fourth-order valence-corrected chi connectivity index (χ4v) is 2.91. The van der Waals surface area contributed by atoms with Crippen molar-refractivity contribution in [2.75, 3.05) is 0 Å². The minimum Gasteiger partial charge on any atom is -0.447 e. The van der Waals surface area contributed by atoms with Gasteiger partial charge in [0.2, 0.25) is 6.10 Å². The van der Waals surface area contributed by atoms with Crippen LogP contribution in [0.4, 0.5) is 0 Å². The van der Waals surface area contributed by atoms with Crippen molar-refractivity contribution in [3.05, 3.63) is 35.9 Å². The summed E-state index contributed by atoms with van der Waals surface area (Å²) in [6, 6.07) is 8.91. The molecule has 114 valence electrons. The van der Waals surface area contributed by atoms with Crippen LogP contribution in [0.2, 0.25) is 0 Å². The molecule has 2 rings (SSSR count). The maximum absolute atomic E-state index is 11.9. The van der Waals surface area contributed by atoms with E-state index in [0.29, 0.717) is 17.9 Å². The molecular formula is C17H23NO3. The van der Waals surface area contributed by atoms with E-state index in [9.17, 15) is 9.59 Å². The van der Waals surface area contributed by atoms with Crippen LogP contribution < -0.4 is 5.73 Å². The normalized spacial score (nSPS) is 17.1. The molecule has 21 heavy (non-hydrogen) atoms. The Labute approximate surface area is 125 Å². The molecule has 1 aliphatic rings. The van der Waals surface area contributed by atoms with Crippen LogP contribution in [0.15, 0.2) is 30.3 Å². The van der Waals surface area contributed by atoms with E-state index in [2.05, 4.69) is 0 Å². The fourth-order valence-electron chi connectivity index (χ4n) is 2.91. The first-order chi connectivity index (χ1) is 10.2. The van der Waals surface area contributed by atoms with E-state index in [1.807, 2.05) is 6.07 Å². The average Bonchev–Trinajstić information content (AvgIpc) is 2.52. The van der Waals surface area contributed by atoms with Gasteiger partial charge in [-0.25, -0.2) is 0 Å². The van der Waals surface area contributed by atoms with Crippen LogP contribution in [0, 0.1) is 5.92 Å². The molecule has 0 heterocycles. The van der Waals surface area contributed by atoms with Gasteiger partial charge < -0.3 is 10.5 Å². The van der Waals surface area contributed by atoms with Crippen LogP contribution in [0.1, 0.15) is 56.6 Å². The highest BCUT2D eigenvalue weighted by molar-refractivity contribution is 5.83. The van der Waals surface area contributed by atoms with Crippen molar-refractivity contribution in [2.45, 2.75) is 51.0 Å². The molecular weight excluding hydrogens is 266 g/mol. The summed E-state index contributed by atoms with van der Waals surface area (Å²) in [5, 5.41) is 0. The van der Waals surface area contributed by atoms with E-state index in [1.54, 1.807) is 24.3 Å². The van der Waals surface area contributed by atoms with Gasteiger partial charge in [0.1, 0.15) is 0 Å². The molecule has 0 radical (unpaired) electrons. The zero-order valence-corrected chi connectivity index (χ0v) is 12.3. The van der Waals surface area contributed by atoms with E-state index in [1.165, 1.54) is 32.1 Å². The van der Waals surface area contributed by atoms with Crippen molar-refractivity contribution in [1.82, 2.24) is 0 Å². The number of hydrogen-bond donors (Lipinski definition) is 1. The molecule has 0 aromatic heterocycles. The number of carbonyl (C=O) groups is 2. The number of rotatable bonds is 6. The number of amides is 1. The Balaban J connectivity index is 1.85. The first-order valence-corrected chi connectivity index (χ1v) is 7.70. The van der Waals surface area contributed by atoms with Crippen molar-refractivity contribution < 1.29 is 14.3 Å². The lowest BCUT2D eigenvalue weighted by molar-refractivity contribution is -0.155. The lowest BCUT2D eigenvalue weighted by Crippen LogP contribution is -2.26. The first-order valence-electron chi connectivity index (χ1n) is 7.70. The first kappa shape index (κ1) is 15.5. The van der Waals surface area contributed by atoms with E-state index in [4.69, 9.17) is 10.5 Å². The number of hydrogen-bond acceptors (Lipinski definition) is 3. The highest BCUT2D eigenvalue weighted by atomic mass is 16.5. The molecule has 1 aromatic rings. The smallest absolute Gasteiger partial charge is 0.306 e. The molecule has 0 spiro atoms. The molecule has 2 N–H and O–H groups in total. The standard InChI is InChI=1S/C17H23NO3/c18-17(20)16(14-9-5-2-6-10-14)21-15(19)12-11-13-7-3-1-4-8-13/h2,5-6,9-10,13,16H,1,3-4,7-8,11-12H2,(H2,18,20). The van der Waals surface area contributed by atoms with Gasteiger partial charge in [-0.3, -0.25) is 9.59 Å². The second-order valence-electron chi connectivity index (χ2n) is 5.73. The Morgan fingerprint density at radius 1 is 1.14 bits per heavy atom. The summed E-state index contributed by atoms with van der Waals surface area (Å²) in [6.45, 7) is 0. The molecule has 0 bridgehead atoms. The zero-order chi connectivity index (χ0) is 15.1. The molecule has 1 amide bonds. The van der Waals surface area contributed by atoms with E-state index < -0.39 is 12.0 Å². The number of carbonyl (C=O) groups excluding carboxylic acids is 2. The van der Waals surface area contributed by atoms with Gasteiger partial charge in [-0.15, -0.1) is 0 Å². The van der Waals surface area contributed by atoms with Crippen LogP contribution >= 0.6 is 0 Å². The Bertz CT molecular complexity index is 466. The van der Waals surface area contributed by atoms with Gasteiger partial charge in [-0.1, -0.05) is 62.4 Å². The molecule has 1 fully saturated rings. The van der Waals surface area contributed by atoms with Crippen molar-refractivity contribution in [2.24, 2.45) is 11.7 Å². The van der Waals surface area contributed by atoms with Gasteiger partial charge in [0.25, 0.3) is 5.91 Å². The van der Waals surface area contributed by atoms with Gasteiger partial charge in [0, 0.05) is 12.0 Å². The number of ether oxygens (including phenoxy) is 1. The Morgan fingerprint density at radius 2 is 1.81 bits per heavy atom. The third kappa shape index (κ3) is 4.88. The minimum absolute atomic E-state index is 0.340. The predicted octanol–water partition coefficient (Wildman–Crippen LogP) is 3.12. The van der Waals surface area contributed by atoms with Crippen LogP contribution in [0.25, 0.3) is 0 Å². The SMILES string of the molecule is NC(=O)C(OC(=O)CCC1CCCCC1)c1ccccc1. The third-order valence-corrected chi connectivity index (χ3v) is 4.09. The second kappa shape index (κ2) is 7.81. The molecule has 4 heteroatoms.